The molecule has 1 aliphatic carbocycles. The smallest absolute Gasteiger partial charge is 0.341 e. The molecule has 0 spiro atoms. The third-order valence-corrected chi connectivity index (χ3v) is 4.24. The van der Waals surface area contributed by atoms with Crippen molar-refractivity contribution in [2.75, 3.05) is 6.61 Å². The lowest BCUT2D eigenvalue weighted by atomic mass is 10.1. The van der Waals surface area contributed by atoms with Gasteiger partial charge in [-0.3, -0.25) is 4.79 Å². The SMILES string of the molecule is O=C(O)COc1cccc(CNC(=O)[C@@H]2C[C@H]2c2cccc(F)c2F)c1. The van der Waals surface area contributed by atoms with Crippen molar-refractivity contribution in [3.63, 3.8) is 0 Å². The van der Waals surface area contributed by atoms with E-state index in [2.05, 4.69) is 5.32 Å². The van der Waals surface area contributed by atoms with Gasteiger partial charge in [-0.2, -0.15) is 0 Å². The molecule has 0 radical (unpaired) electrons. The van der Waals surface area contributed by atoms with Crippen LogP contribution < -0.4 is 10.1 Å². The minimum atomic E-state index is -1.08. The van der Waals surface area contributed by atoms with E-state index in [-0.39, 0.29) is 29.9 Å². The van der Waals surface area contributed by atoms with Gasteiger partial charge in [0.25, 0.3) is 0 Å². The average Bonchev–Trinajstić information content (AvgIpc) is 3.41. The number of nitrogens with one attached hydrogen (secondary N) is 1. The molecule has 0 aliphatic heterocycles. The largest absolute Gasteiger partial charge is 0.482 e. The molecule has 0 bridgehead atoms. The highest BCUT2D eigenvalue weighted by Gasteiger charge is 2.45. The van der Waals surface area contributed by atoms with Crippen molar-refractivity contribution in [1.29, 1.82) is 0 Å². The van der Waals surface area contributed by atoms with Gasteiger partial charge in [0, 0.05) is 12.5 Å². The maximum absolute atomic E-state index is 13.8. The van der Waals surface area contributed by atoms with Crippen molar-refractivity contribution in [2.24, 2.45) is 5.92 Å². The van der Waals surface area contributed by atoms with Crippen LogP contribution in [0.1, 0.15) is 23.5 Å². The molecule has 0 unspecified atom stereocenters. The van der Waals surface area contributed by atoms with Gasteiger partial charge in [0.05, 0.1) is 0 Å². The Labute approximate surface area is 148 Å². The van der Waals surface area contributed by atoms with Gasteiger partial charge in [-0.25, -0.2) is 13.6 Å². The van der Waals surface area contributed by atoms with E-state index in [0.717, 1.165) is 11.6 Å². The Bertz CT molecular complexity index is 840. The number of carbonyl (C=O) groups excluding carboxylic acids is 1. The van der Waals surface area contributed by atoms with Gasteiger partial charge in [-0.05, 0) is 41.7 Å². The zero-order chi connectivity index (χ0) is 18.7. The Hall–Kier alpha value is -2.96. The van der Waals surface area contributed by atoms with Gasteiger partial charge < -0.3 is 15.2 Å². The van der Waals surface area contributed by atoms with Crippen LogP contribution in [-0.4, -0.2) is 23.6 Å². The van der Waals surface area contributed by atoms with Crippen LogP contribution in [0.2, 0.25) is 0 Å². The predicted octanol–water partition coefficient (Wildman–Crippen LogP) is 2.85. The number of benzene rings is 2. The Morgan fingerprint density at radius 2 is 1.96 bits per heavy atom. The van der Waals surface area contributed by atoms with Gasteiger partial charge in [0.1, 0.15) is 5.75 Å². The number of amides is 1. The van der Waals surface area contributed by atoms with Crippen molar-refractivity contribution in [3.8, 4) is 5.75 Å². The molecule has 0 aromatic heterocycles. The molecule has 2 aromatic rings. The molecule has 2 N–H and O–H groups in total. The second kappa shape index (κ2) is 7.51. The van der Waals surface area contributed by atoms with Gasteiger partial charge in [-0.15, -0.1) is 0 Å². The van der Waals surface area contributed by atoms with Crippen LogP contribution in [0.4, 0.5) is 8.78 Å². The molecule has 1 amide bonds. The third-order valence-electron chi connectivity index (χ3n) is 4.24. The molecule has 136 valence electrons. The number of halogens is 2. The number of ether oxygens (including phenoxy) is 1. The van der Waals surface area contributed by atoms with E-state index in [1.165, 1.54) is 12.1 Å². The number of rotatable bonds is 7. The highest BCUT2D eigenvalue weighted by atomic mass is 19.2. The Morgan fingerprint density at radius 1 is 1.19 bits per heavy atom. The summed E-state index contributed by atoms with van der Waals surface area (Å²) in [5.41, 5.74) is 0.976. The minimum absolute atomic E-state index is 0.226. The summed E-state index contributed by atoms with van der Waals surface area (Å²) in [6.45, 7) is -0.212. The molecule has 1 fully saturated rings. The Balaban J connectivity index is 1.54. The molecule has 2 aromatic carbocycles. The van der Waals surface area contributed by atoms with Crippen molar-refractivity contribution in [3.05, 3.63) is 65.2 Å². The van der Waals surface area contributed by atoms with E-state index in [1.54, 1.807) is 24.3 Å². The van der Waals surface area contributed by atoms with E-state index < -0.39 is 24.2 Å². The summed E-state index contributed by atoms with van der Waals surface area (Å²) in [6, 6.07) is 10.7. The van der Waals surface area contributed by atoms with Crippen LogP contribution in [0.15, 0.2) is 42.5 Å². The molecular formula is C19H17F2NO4. The van der Waals surface area contributed by atoms with Crippen LogP contribution >= 0.6 is 0 Å². The number of hydrogen-bond donors (Lipinski definition) is 2. The molecule has 1 aliphatic rings. The second-order valence-electron chi connectivity index (χ2n) is 6.14. The minimum Gasteiger partial charge on any atom is -0.482 e. The molecule has 1 saturated carbocycles. The van der Waals surface area contributed by atoms with Gasteiger partial charge in [0.2, 0.25) is 5.91 Å². The van der Waals surface area contributed by atoms with Crippen LogP contribution in [-0.2, 0) is 16.1 Å². The first-order chi connectivity index (χ1) is 12.5. The summed E-state index contributed by atoms with van der Waals surface area (Å²) >= 11 is 0. The maximum Gasteiger partial charge on any atom is 0.341 e. The first-order valence-corrected chi connectivity index (χ1v) is 8.11. The second-order valence-corrected chi connectivity index (χ2v) is 6.14. The van der Waals surface area contributed by atoms with E-state index in [9.17, 15) is 18.4 Å². The zero-order valence-electron chi connectivity index (χ0n) is 13.7. The Morgan fingerprint density at radius 3 is 2.73 bits per heavy atom. The molecule has 5 nitrogen and oxygen atoms in total. The molecule has 26 heavy (non-hydrogen) atoms. The summed E-state index contributed by atoms with van der Waals surface area (Å²) in [5.74, 6) is -3.40. The average molecular weight is 361 g/mol. The highest BCUT2D eigenvalue weighted by molar-refractivity contribution is 5.82. The number of hydrogen-bond acceptors (Lipinski definition) is 3. The maximum atomic E-state index is 13.8. The van der Waals surface area contributed by atoms with Crippen molar-refractivity contribution in [2.45, 2.75) is 18.9 Å². The van der Waals surface area contributed by atoms with E-state index in [0.29, 0.717) is 12.2 Å². The molecule has 3 rings (SSSR count). The number of carboxylic acid groups (broad SMARTS) is 1. The summed E-state index contributed by atoms with van der Waals surface area (Å²) in [4.78, 5) is 22.7. The summed E-state index contributed by atoms with van der Waals surface area (Å²) in [5, 5.41) is 11.4. The fourth-order valence-electron chi connectivity index (χ4n) is 2.85. The predicted molar refractivity (Wildman–Crippen MR) is 88.6 cm³/mol. The van der Waals surface area contributed by atoms with Crippen molar-refractivity contribution < 1.29 is 28.2 Å². The quantitative estimate of drug-likeness (QED) is 0.795. The fourth-order valence-corrected chi connectivity index (χ4v) is 2.85. The van der Waals surface area contributed by atoms with Gasteiger partial charge >= 0.3 is 5.97 Å². The molecule has 0 heterocycles. The monoisotopic (exact) mass is 361 g/mol. The molecule has 7 heteroatoms. The number of carbonyl (C=O) groups is 2. The lowest BCUT2D eigenvalue weighted by molar-refractivity contribution is -0.139. The molecule has 0 saturated heterocycles. The van der Waals surface area contributed by atoms with E-state index in [1.807, 2.05) is 0 Å². The number of aliphatic carboxylic acids is 1. The topological polar surface area (TPSA) is 75.6 Å². The normalized spacial score (nSPS) is 18.2. The van der Waals surface area contributed by atoms with Crippen LogP contribution in [0.5, 0.6) is 5.75 Å². The van der Waals surface area contributed by atoms with Gasteiger partial charge in [0.15, 0.2) is 18.2 Å². The Kier molecular flexibility index (Phi) is 5.16. The van der Waals surface area contributed by atoms with Crippen LogP contribution in [0, 0.1) is 17.6 Å². The van der Waals surface area contributed by atoms with Crippen LogP contribution in [0.3, 0.4) is 0 Å². The summed E-state index contributed by atoms with van der Waals surface area (Å²) < 4.78 is 32.2. The highest BCUT2D eigenvalue weighted by Crippen LogP contribution is 2.48. The zero-order valence-corrected chi connectivity index (χ0v) is 13.7. The lowest BCUT2D eigenvalue weighted by Crippen LogP contribution is -2.25. The summed E-state index contributed by atoms with van der Waals surface area (Å²) in [7, 11) is 0. The standard InChI is InChI=1S/C19H17F2NO4/c20-16-6-2-5-13(18(16)21)14-8-15(14)19(25)22-9-11-3-1-4-12(7-11)26-10-17(23)24/h1-7,14-15H,8-10H2,(H,22,25)(H,23,24)/t14-,15+/m0/s1. The molecular weight excluding hydrogens is 344 g/mol. The first kappa shape index (κ1) is 17.8. The van der Waals surface area contributed by atoms with E-state index >= 15 is 0 Å². The summed E-state index contributed by atoms with van der Waals surface area (Å²) in [6.07, 6.45) is 0.480. The fraction of sp³-hybridized carbons (Fsp3) is 0.263. The third kappa shape index (κ3) is 4.17. The lowest BCUT2D eigenvalue weighted by Gasteiger charge is -2.08. The number of carboxylic acids is 1. The van der Waals surface area contributed by atoms with E-state index in [4.69, 9.17) is 9.84 Å². The first-order valence-electron chi connectivity index (χ1n) is 8.11. The van der Waals surface area contributed by atoms with Crippen molar-refractivity contribution in [1.82, 2.24) is 5.32 Å². The van der Waals surface area contributed by atoms with Crippen LogP contribution in [0.25, 0.3) is 0 Å². The van der Waals surface area contributed by atoms with Gasteiger partial charge in [-0.1, -0.05) is 24.3 Å². The van der Waals surface area contributed by atoms with Crippen molar-refractivity contribution >= 4 is 11.9 Å². The molecule has 2 atom stereocenters.